The fourth-order valence-corrected chi connectivity index (χ4v) is 2.69. The monoisotopic (exact) mass is 350 g/mol. The number of aromatic nitrogens is 3. The second-order valence-corrected chi connectivity index (χ2v) is 5.94. The third kappa shape index (κ3) is 3.07. The molecule has 0 saturated carbocycles. The molecule has 0 bridgehead atoms. The van der Waals surface area contributed by atoms with E-state index in [0.29, 0.717) is 12.2 Å². The summed E-state index contributed by atoms with van der Waals surface area (Å²) in [6.07, 6.45) is 2.84. The fourth-order valence-electron chi connectivity index (χ4n) is 2.42. The third-order valence-corrected chi connectivity index (χ3v) is 3.98. The predicted octanol–water partition coefficient (Wildman–Crippen LogP) is 1.78. The van der Waals surface area contributed by atoms with Gasteiger partial charge in [-0.25, -0.2) is 9.48 Å². The summed E-state index contributed by atoms with van der Waals surface area (Å²) < 4.78 is 3.85. The molecule has 0 atom stereocenters. The summed E-state index contributed by atoms with van der Waals surface area (Å²) in [6.45, 7) is 0.636. The van der Waals surface area contributed by atoms with Gasteiger partial charge in [-0.3, -0.25) is 9.36 Å². The molecule has 1 aliphatic rings. The number of hydrogen-bond acceptors (Lipinski definition) is 3. The van der Waals surface area contributed by atoms with Crippen LogP contribution in [0.2, 0.25) is 0 Å². The first-order valence-corrected chi connectivity index (χ1v) is 7.65. The zero-order chi connectivity index (χ0) is 14.8. The zero-order valence-electron chi connectivity index (χ0n) is 11.4. The van der Waals surface area contributed by atoms with E-state index in [-0.39, 0.29) is 18.1 Å². The molecule has 1 N–H and O–H groups in total. The van der Waals surface area contributed by atoms with Crippen molar-refractivity contribution in [2.24, 2.45) is 0 Å². The number of benzene rings is 1. The Morgan fingerprint density at radius 3 is 2.76 bits per heavy atom. The lowest BCUT2D eigenvalue weighted by Gasteiger charge is -2.09. The van der Waals surface area contributed by atoms with Gasteiger partial charge in [-0.05, 0) is 37.1 Å². The van der Waals surface area contributed by atoms with Gasteiger partial charge in [0.25, 0.3) is 0 Å². The normalized spacial score (nSPS) is 13.8. The number of anilines is 1. The molecule has 0 fully saturated rings. The van der Waals surface area contributed by atoms with Gasteiger partial charge in [0.05, 0.1) is 0 Å². The second kappa shape index (κ2) is 5.85. The molecule has 0 spiro atoms. The molecular formula is C14H15BrN4O2. The van der Waals surface area contributed by atoms with Crippen molar-refractivity contribution >= 4 is 27.5 Å². The Hall–Kier alpha value is -1.89. The minimum Gasteiger partial charge on any atom is -0.324 e. The quantitative estimate of drug-likeness (QED) is 0.917. The second-order valence-electron chi connectivity index (χ2n) is 5.02. The van der Waals surface area contributed by atoms with Crippen LogP contribution in [0, 0.1) is 0 Å². The average Bonchev–Trinajstić information content (AvgIpc) is 2.78. The van der Waals surface area contributed by atoms with E-state index in [4.69, 9.17) is 0 Å². The largest absolute Gasteiger partial charge is 0.346 e. The van der Waals surface area contributed by atoms with Crippen molar-refractivity contribution in [3.8, 4) is 0 Å². The highest BCUT2D eigenvalue weighted by atomic mass is 79.9. The van der Waals surface area contributed by atoms with Crippen LogP contribution in [0.1, 0.15) is 18.7 Å². The van der Waals surface area contributed by atoms with Crippen molar-refractivity contribution in [1.82, 2.24) is 14.3 Å². The molecular weight excluding hydrogens is 336 g/mol. The minimum absolute atomic E-state index is 0.0606. The van der Waals surface area contributed by atoms with Crippen LogP contribution in [0.25, 0.3) is 0 Å². The van der Waals surface area contributed by atoms with Gasteiger partial charge in [-0.2, -0.15) is 5.10 Å². The topological polar surface area (TPSA) is 68.9 Å². The highest BCUT2D eigenvalue weighted by Gasteiger charge is 2.18. The van der Waals surface area contributed by atoms with E-state index in [9.17, 15) is 9.59 Å². The van der Waals surface area contributed by atoms with Crippen molar-refractivity contribution in [1.29, 1.82) is 0 Å². The summed E-state index contributed by atoms with van der Waals surface area (Å²) in [7, 11) is 0. The zero-order valence-corrected chi connectivity index (χ0v) is 13.0. The SMILES string of the molecule is O=C(Cn1nc2n(c1=O)CCCC2)Nc1ccc(Br)cc1. The van der Waals surface area contributed by atoms with E-state index < -0.39 is 0 Å². The van der Waals surface area contributed by atoms with E-state index in [1.807, 2.05) is 12.1 Å². The maximum absolute atomic E-state index is 12.1. The van der Waals surface area contributed by atoms with Gasteiger partial charge in [0, 0.05) is 23.1 Å². The number of hydrogen-bond donors (Lipinski definition) is 1. The molecule has 1 aliphatic heterocycles. The Balaban J connectivity index is 1.71. The molecule has 7 heteroatoms. The first-order valence-electron chi connectivity index (χ1n) is 6.85. The van der Waals surface area contributed by atoms with E-state index >= 15 is 0 Å². The number of nitrogens with one attached hydrogen (secondary N) is 1. The van der Waals surface area contributed by atoms with Gasteiger partial charge < -0.3 is 5.32 Å². The molecule has 0 aliphatic carbocycles. The molecule has 110 valence electrons. The van der Waals surface area contributed by atoms with Crippen molar-refractivity contribution in [2.75, 3.05) is 5.32 Å². The van der Waals surface area contributed by atoms with Gasteiger partial charge in [0.2, 0.25) is 5.91 Å². The maximum Gasteiger partial charge on any atom is 0.346 e. The summed E-state index contributed by atoms with van der Waals surface area (Å²) in [4.78, 5) is 24.1. The minimum atomic E-state index is -0.255. The molecule has 1 aromatic carbocycles. The summed E-state index contributed by atoms with van der Waals surface area (Å²) in [5.41, 5.74) is 0.496. The van der Waals surface area contributed by atoms with Crippen LogP contribution in [0.3, 0.4) is 0 Å². The molecule has 2 heterocycles. The lowest BCUT2D eigenvalue weighted by molar-refractivity contribution is -0.117. The Kier molecular flexibility index (Phi) is 3.92. The smallest absolute Gasteiger partial charge is 0.324 e. The Bertz CT molecular complexity index is 718. The number of rotatable bonds is 3. The molecule has 3 rings (SSSR count). The standard InChI is InChI=1S/C14H15BrN4O2/c15-10-4-6-11(7-5-10)16-13(20)9-19-14(21)18-8-2-1-3-12(18)17-19/h4-7H,1-3,8-9H2,(H,16,20). The Morgan fingerprint density at radius 1 is 1.29 bits per heavy atom. The van der Waals surface area contributed by atoms with Gasteiger partial charge in [0.15, 0.2) is 0 Å². The fraction of sp³-hybridized carbons (Fsp3) is 0.357. The van der Waals surface area contributed by atoms with Crippen LogP contribution in [0.15, 0.2) is 33.5 Å². The maximum atomic E-state index is 12.1. The summed E-state index contributed by atoms with van der Waals surface area (Å²) in [5.74, 6) is 0.526. The molecule has 6 nitrogen and oxygen atoms in total. The van der Waals surface area contributed by atoms with E-state index in [0.717, 1.165) is 29.6 Å². The molecule has 21 heavy (non-hydrogen) atoms. The van der Waals surface area contributed by atoms with Crippen molar-refractivity contribution in [2.45, 2.75) is 32.4 Å². The summed E-state index contributed by atoms with van der Waals surface area (Å²) in [5, 5.41) is 7.00. The molecule has 1 amide bonds. The summed E-state index contributed by atoms with van der Waals surface area (Å²) in [6, 6.07) is 7.28. The number of aryl methyl sites for hydroxylation is 1. The Morgan fingerprint density at radius 2 is 2.05 bits per heavy atom. The van der Waals surface area contributed by atoms with Crippen LogP contribution in [0.5, 0.6) is 0 Å². The first kappa shape index (κ1) is 14.1. The van der Waals surface area contributed by atoms with Crippen LogP contribution in [-0.4, -0.2) is 20.3 Å². The number of amides is 1. The molecule has 0 unspecified atom stereocenters. The summed E-state index contributed by atoms with van der Waals surface area (Å²) >= 11 is 3.34. The molecule has 1 aromatic heterocycles. The number of fused-ring (bicyclic) bond motifs is 1. The highest BCUT2D eigenvalue weighted by molar-refractivity contribution is 9.10. The van der Waals surface area contributed by atoms with Crippen LogP contribution in [0.4, 0.5) is 5.69 Å². The number of carbonyl (C=O) groups excluding carboxylic acids is 1. The van der Waals surface area contributed by atoms with Crippen molar-refractivity contribution in [3.63, 3.8) is 0 Å². The first-order chi connectivity index (χ1) is 10.1. The molecule has 2 aromatic rings. The lowest BCUT2D eigenvalue weighted by Crippen LogP contribution is -2.30. The van der Waals surface area contributed by atoms with E-state index in [1.54, 1.807) is 16.7 Å². The van der Waals surface area contributed by atoms with Gasteiger partial charge in [0.1, 0.15) is 12.4 Å². The van der Waals surface area contributed by atoms with E-state index in [2.05, 4.69) is 26.3 Å². The lowest BCUT2D eigenvalue weighted by atomic mass is 10.2. The Labute approximate surface area is 129 Å². The van der Waals surface area contributed by atoms with Crippen molar-refractivity contribution < 1.29 is 4.79 Å². The number of carbonyl (C=O) groups is 1. The van der Waals surface area contributed by atoms with Crippen LogP contribution < -0.4 is 11.0 Å². The number of halogens is 1. The number of nitrogens with zero attached hydrogens (tertiary/aromatic N) is 3. The van der Waals surface area contributed by atoms with Crippen LogP contribution >= 0.6 is 15.9 Å². The molecule has 0 saturated heterocycles. The van der Waals surface area contributed by atoms with E-state index in [1.165, 1.54) is 4.68 Å². The molecule has 0 radical (unpaired) electrons. The highest BCUT2D eigenvalue weighted by Crippen LogP contribution is 2.14. The predicted molar refractivity (Wildman–Crippen MR) is 82.2 cm³/mol. The van der Waals surface area contributed by atoms with Crippen molar-refractivity contribution in [3.05, 3.63) is 45.0 Å². The average molecular weight is 351 g/mol. The van der Waals surface area contributed by atoms with Gasteiger partial charge >= 0.3 is 5.69 Å². The van der Waals surface area contributed by atoms with Gasteiger partial charge in [-0.15, -0.1) is 0 Å². The third-order valence-electron chi connectivity index (χ3n) is 3.45. The van der Waals surface area contributed by atoms with Gasteiger partial charge in [-0.1, -0.05) is 15.9 Å². The van der Waals surface area contributed by atoms with Crippen LogP contribution in [-0.2, 0) is 24.3 Å².